The van der Waals surface area contributed by atoms with Crippen molar-refractivity contribution in [1.82, 2.24) is 0 Å². The van der Waals surface area contributed by atoms with E-state index < -0.39 is 50.1 Å². The van der Waals surface area contributed by atoms with Gasteiger partial charge < -0.3 is 9.84 Å². The molecule has 5 nitrogen and oxygen atoms in total. The Morgan fingerprint density at radius 1 is 1.19 bits per heavy atom. The Morgan fingerprint density at radius 3 is 2.50 bits per heavy atom. The summed E-state index contributed by atoms with van der Waals surface area (Å²) < 4.78 is 71.0. The van der Waals surface area contributed by atoms with Gasteiger partial charge >= 0.3 is 0 Å². The molecule has 0 saturated carbocycles. The number of halogens is 3. The number of hydrogen-bond donors (Lipinski definition) is 1. The highest BCUT2D eigenvalue weighted by atomic mass is 32.2. The van der Waals surface area contributed by atoms with Crippen LogP contribution in [0.3, 0.4) is 0 Å². The molecule has 0 heterocycles. The second-order valence-electron chi connectivity index (χ2n) is 5.84. The van der Waals surface area contributed by atoms with Gasteiger partial charge in [-0.05, 0) is 24.3 Å². The van der Waals surface area contributed by atoms with Crippen LogP contribution in [0, 0.1) is 17.1 Å². The molecule has 2 aromatic carbocycles. The second kappa shape index (κ2) is 6.30. The molecule has 0 bridgehead atoms. The van der Waals surface area contributed by atoms with Crippen LogP contribution in [-0.2, 0) is 9.84 Å². The Morgan fingerprint density at radius 2 is 1.88 bits per heavy atom. The first kappa shape index (κ1) is 18.2. The fraction of sp³-hybridized carbons (Fsp3) is 0.235. The van der Waals surface area contributed by atoms with Crippen molar-refractivity contribution in [1.29, 1.82) is 5.26 Å². The van der Waals surface area contributed by atoms with Crippen LogP contribution in [0.15, 0.2) is 35.2 Å². The predicted octanol–water partition coefficient (Wildman–Crippen LogP) is 3.29. The number of benzene rings is 2. The van der Waals surface area contributed by atoms with E-state index in [0.717, 1.165) is 30.5 Å². The van der Waals surface area contributed by atoms with Crippen molar-refractivity contribution in [2.75, 3.05) is 6.26 Å². The van der Waals surface area contributed by atoms with Crippen molar-refractivity contribution in [3.63, 3.8) is 0 Å². The number of fused-ring (bicyclic) bond motifs is 1. The lowest BCUT2D eigenvalue weighted by Gasteiger charge is -2.15. The molecule has 3 rings (SSSR count). The van der Waals surface area contributed by atoms with Crippen molar-refractivity contribution in [2.24, 2.45) is 0 Å². The monoisotopic (exact) mass is 383 g/mol. The normalized spacial score (nSPS) is 21.9. The summed E-state index contributed by atoms with van der Waals surface area (Å²) in [5.74, 6) is -1.20. The molecular formula is C17H12F3NO4S. The van der Waals surface area contributed by atoms with Crippen LogP contribution in [0.5, 0.6) is 11.5 Å². The first-order valence-corrected chi connectivity index (χ1v) is 9.24. The maximum Gasteiger partial charge on any atom is 0.175 e. The zero-order valence-corrected chi connectivity index (χ0v) is 14.1. The lowest BCUT2D eigenvalue weighted by atomic mass is 10.1. The lowest BCUT2D eigenvalue weighted by molar-refractivity contribution is 0.0454. The third-order valence-corrected chi connectivity index (χ3v) is 5.14. The van der Waals surface area contributed by atoms with Gasteiger partial charge in [0.05, 0.1) is 16.5 Å². The van der Waals surface area contributed by atoms with Gasteiger partial charge in [-0.15, -0.1) is 0 Å². The molecule has 0 aliphatic heterocycles. The van der Waals surface area contributed by atoms with Crippen LogP contribution in [0.1, 0.15) is 29.0 Å². The van der Waals surface area contributed by atoms with E-state index in [-0.39, 0.29) is 17.1 Å². The minimum atomic E-state index is -3.87. The average Bonchev–Trinajstić information content (AvgIpc) is 2.79. The molecule has 0 aromatic heterocycles. The molecule has 0 spiro atoms. The third-order valence-electron chi connectivity index (χ3n) is 3.99. The molecule has 1 N–H and O–H groups in total. The molecule has 1 aliphatic rings. The number of alkyl halides is 2. The fourth-order valence-electron chi connectivity index (χ4n) is 2.89. The highest BCUT2D eigenvalue weighted by Crippen LogP contribution is 2.50. The molecule has 0 amide bonds. The van der Waals surface area contributed by atoms with Crippen LogP contribution in [0.4, 0.5) is 13.2 Å². The maximum absolute atomic E-state index is 14.4. The Bertz CT molecular complexity index is 1030. The summed E-state index contributed by atoms with van der Waals surface area (Å²) in [6, 6.07) is 6.96. The minimum absolute atomic E-state index is 0.0513. The fourth-order valence-corrected chi connectivity index (χ4v) is 3.84. The van der Waals surface area contributed by atoms with Gasteiger partial charge in [-0.1, -0.05) is 0 Å². The highest BCUT2D eigenvalue weighted by Gasteiger charge is 2.45. The van der Waals surface area contributed by atoms with Crippen LogP contribution < -0.4 is 4.74 Å². The van der Waals surface area contributed by atoms with Crippen LogP contribution in [0.2, 0.25) is 0 Å². The van der Waals surface area contributed by atoms with Crippen molar-refractivity contribution in [3.8, 4) is 17.6 Å². The van der Waals surface area contributed by atoms with Crippen molar-refractivity contribution < 1.29 is 31.4 Å². The van der Waals surface area contributed by atoms with Gasteiger partial charge in [0.2, 0.25) is 0 Å². The summed E-state index contributed by atoms with van der Waals surface area (Å²) in [4.78, 5) is -0.410. The first-order chi connectivity index (χ1) is 12.1. The van der Waals surface area contributed by atoms with Crippen molar-refractivity contribution in [3.05, 3.63) is 52.8 Å². The van der Waals surface area contributed by atoms with E-state index in [2.05, 4.69) is 0 Å². The molecule has 0 fully saturated rings. The van der Waals surface area contributed by atoms with Gasteiger partial charge in [0.25, 0.3) is 0 Å². The summed E-state index contributed by atoms with van der Waals surface area (Å²) in [7, 11) is -3.87. The zero-order chi connectivity index (χ0) is 19.2. The summed E-state index contributed by atoms with van der Waals surface area (Å²) >= 11 is 0. The van der Waals surface area contributed by atoms with E-state index in [1.54, 1.807) is 6.07 Å². The summed E-state index contributed by atoms with van der Waals surface area (Å²) in [5.41, 5.74) is -0.915. The number of nitriles is 1. The zero-order valence-electron chi connectivity index (χ0n) is 13.3. The third kappa shape index (κ3) is 3.02. The van der Waals surface area contributed by atoms with Crippen LogP contribution in [0.25, 0.3) is 0 Å². The Labute approximate surface area is 147 Å². The number of sulfone groups is 1. The van der Waals surface area contributed by atoms with Gasteiger partial charge in [0.1, 0.15) is 23.4 Å². The number of aliphatic hydroxyl groups excluding tert-OH is 1. The number of hydrogen-bond acceptors (Lipinski definition) is 5. The molecular weight excluding hydrogens is 371 g/mol. The molecule has 1 unspecified atom stereocenters. The van der Waals surface area contributed by atoms with Gasteiger partial charge in [0.15, 0.2) is 22.2 Å². The average molecular weight is 383 g/mol. The molecule has 136 valence electrons. The topological polar surface area (TPSA) is 87.4 Å². The Kier molecular flexibility index (Phi) is 4.42. The molecule has 26 heavy (non-hydrogen) atoms. The van der Waals surface area contributed by atoms with E-state index in [4.69, 9.17) is 10.00 Å². The van der Waals surface area contributed by atoms with Crippen LogP contribution >= 0.6 is 0 Å². The van der Waals surface area contributed by atoms with Crippen molar-refractivity contribution >= 4 is 9.84 Å². The molecule has 0 saturated heterocycles. The Hall–Kier alpha value is -2.57. The van der Waals surface area contributed by atoms with Gasteiger partial charge in [-0.25, -0.2) is 21.6 Å². The van der Waals surface area contributed by atoms with Crippen molar-refractivity contribution in [2.45, 2.75) is 23.3 Å². The van der Waals surface area contributed by atoms with Gasteiger partial charge in [-0.3, -0.25) is 0 Å². The standard InChI is InChI=1S/C17H12F3NO4S/c1-26(23,24)12-3-2-11(13-14(12)17(22)16(20)15(13)19)25-10-5-8(7-21)4-9(18)6-10/h2-6,15-17,22H,1H3/t15-,16?,17+/m1/s1. The summed E-state index contributed by atoms with van der Waals surface area (Å²) in [5, 5.41) is 18.8. The summed E-state index contributed by atoms with van der Waals surface area (Å²) in [6.07, 6.45) is -5.81. The minimum Gasteiger partial charge on any atom is -0.457 e. The van der Waals surface area contributed by atoms with Crippen LogP contribution in [-0.4, -0.2) is 26.0 Å². The summed E-state index contributed by atoms with van der Waals surface area (Å²) in [6.45, 7) is 0. The smallest absolute Gasteiger partial charge is 0.175 e. The van der Waals surface area contributed by atoms with E-state index in [1.807, 2.05) is 0 Å². The second-order valence-corrected chi connectivity index (χ2v) is 7.83. The molecule has 0 radical (unpaired) electrons. The highest BCUT2D eigenvalue weighted by molar-refractivity contribution is 7.90. The number of nitrogens with zero attached hydrogens (tertiary/aromatic N) is 1. The lowest BCUT2D eigenvalue weighted by Crippen LogP contribution is -2.11. The molecule has 2 aromatic rings. The van der Waals surface area contributed by atoms with E-state index in [9.17, 15) is 26.7 Å². The largest absolute Gasteiger partial charge is 0.457 e. The molecule has 1 aliphatic carbocycles. The number of aliphatic hydroxyl groups is 1. The Balaban J connectivity index is 2.17. The molecule has 9 heteroatoms. The number of rotatable bonds is 3. The SMILES string of the molecule is CS(=O)(=O)c1ccc(Oc2cc(F)cc(C#N)c2)c2c1[C@H](O)C(F)[C@@H]2F. The molecule has 3 atom stereocenters. The maximum atomic E-state index is 14.4. The van der Waals surface area contributed by atoms with Gasteiger partial charge in [0, 0.05) is 23.4 Å². The predicted molar refractivity (Wildman–Crippen MR) is 84.4 cm³/mol. The first-order valence-electron chi connectivity index (χ1n) is 7.35. The van der Waals surface area contributed by atoms with E-state index in [1.165, 1.54) is 6.07 Å². The van der Waals surface area contributed by atoms with Gasteiger partial charge in [-0.2, -0.15) is 5.26 Å². The quantitative estimate of drug-likeness (QED) is 0.879. The van der Waals surface area contributed by atoms with E-state index >= 15 is 0 Å². The number of ether oxygens (including phenoxy) is 1. The van der Waals surface area contributed by atoms with E-state index in [0.29, 0.717) is 0 Å².